The zero-order chi connectivity index (χ0) is 21.9. The second-order valence-electron chi connectivity index (χ2n) is 6.99. The molecule has 0 spiro atoms. The van der Waals surface area contributed by atoms with Crippen LogP contribution < -0.4 is 4.90 Å². The molecule has 0 aliphatic heterocycles. The minimum atomic E-state index is -3.30. The molecule has 1 aromatic heterocycles. The number of aromatic nitrogens is 1. The first-order valence-electron chi connectivity index (χ1n) is 9.49. The number of thioether (sulfide) groups is 1. The van der Waals surface area contributed by atoms with E-state index in [0.717, 1.165) is 15.1 Å². The largest absolute Gasteiger partial charge is 0.308 e. The first-order valence-corrected chi connectivity index (χ1v) is 13.2. The van der Waals surface area contributed by atoms with Crippen LogP contribution in [0.2, 0.25) is 0 Å². The van der Waals surface area contributed by atoms with Gasteiger partial charge in [-0.05, 0) is 56.7 Å². The maximum atomic E-state index is 13.3. The van der Waals surface area contributed by atoms with Crippen LogP contribution in [-0.2, 0) is 9.84 Å². The molecule has 0 bridgehead atoms. The summed E-state index contributed by atoms with van der Waals surface area (Å²) in [5, 5.41) is 0.642. The fourth-order valence-corrected chi connectivity index (χ4v) is 5.43. The molecule has 10 heteroatoms. The molecule has 0 unspecified atom stereocenters. The van der Waals surface area contributed by atoms with E-state index in [-0.39, 0.29) is 29.0 Å². The molecule has 31 heavy (non-hydrogen) atoms. The molecule has 6 nitrogen and oxygen atoms in total. The summed E-state index contributed by atoms with van der Waals surface area (Å²) < 4.78 is 25.2. The Morgan fingerprint density at radius 1 is 1.10 bits per heavy atom. The van der Waals surface area contributed by atoms with Crippen LogP contribution in [0.1, 0.15) is 17.3 Å². The number of carbonyl (C=O) groups is 1. The molecule has 0 atom stereocenters. The molecule has 0 saturated carbocycles. The van der Waals surface area contributed by atoms with Gasteiger partial charge in [0.15, 0.2) is 15.0 Å². The van der Waals surface area contributed by atoms with Crippen molar-refractivity contribution in [2.45, 2.75) is 16.7 Å². The van der Waals surface area contributed by atoms with E-state index in [1.807, 2.05) is 43.5 Å². The van der Waals surface area contributed by atoms with E-state index < -0.39 is 9.84 Å². The molecule has 3 rings (SSSR count). The third-order valence-corrected chi connectivity index (χ3v) is 8.24. The smallest absolute Gasteiger partial charge is 0.260 e. The van der Waals surface area contributed by atoms with Crippen LogP contribution in [0, 0.1) is 0 Å². The number of hydrogen-bond acceptors (Lipinski definition) is 7. The number of hydrogen-bond donors (Lipinski definition) is 0. The lowest BCUT2D eigenvalue weighted by Crippen LogP contribution is -2.36. The molecule has 0 radical (unpaired) electrons. The number of benzene rings is 2. The maximum absolute atomic E-state index is 13.3. The van der Waals surface area contributed by atoms with Crippen LogP contribution in [0.25, 0.3) is 10.2 Å². The fourth-order valence-electron chi connectivity index (χ4n) is 2.90. The molecular formula is C21H26ClN3O3S3. The summed E-state index contributed by atoms with van der Waals surface area (Å²) in [6.45, 7) is 2.77. The summed E-state index contributed by atoms with van der Waals surface area (Å²) in [5.74, 6) is -0.166. The van der Waals surface area contributed by atoms with Crippen molar-refractivity contribution in [1.82, 2.24) is 9.88 Å². The Kier molecular flexibility index (Phi) is 8.91. The van der Waals surface area contributed by atoms with E-state index in [9.17, 15) is 13.2 Å². The van der Waals surface area contributed by atoms with Gasteiger partial charge < -0.3 is 4.90 Å². The van der Waals surface area contributed by atoms with Crippen molar-refractivity contribution in [3.05, 3.63) is 48.0 Å². The topological polar surface area (TPSA) is 70.6 Å². The number of thiazole rings is 1. The maximum Gasteiger partial charge on any atom is 0.260 e. The van der Waals surface area contributed by atoms with Gasteiger partial charge in [0.05, 0.1) is 20.9 Å². The normalized spacial score (nSPS) is 11.5. The highest BCUT2D eigenvalue weighted by Crippen LogP contribution is 2.34. The van der Waals surface area contributed by atoms with Gasteiger partial charge >= 0.3 is 0 Å². The molecule has 0 saturated heterocycles. The van der Waals surface area contributed by atoms with Gasteiger partial charge in [0.1, 0.15) is 0 Å². The molecule has 168 valence electrons. The van der Waals surface area contributed by atoms with Crippen LogP contribution in [0.4, 0.5) is 5.13 Å². The van der Waals surface area contributed by atoms with E-state index in [1.165, 1.54) is 23.5 Å². The Bertz CT molecular complexity index is 1150. The number of carbonyl (C=O) groups excluding carboxylic acids is 1. The van der Waals surface area contributed by atoms with Gasteiger partial charge in [0, 0.05) is 23.5 Å². The summed E-state index contributed by atoms with van der Waals surface area (Å²) in [4.78, 5) is 23.1. The van der Waals surface area contributed by atoms with Gasteiger partial charge in [-0.15, -0.1) is 24.2 Å². The quantitative estimate of drug-likeness (QED) is 0.427. The Morgan fingerprint density at radius 2 is 1.77 bits per heavy atom. The Labute approximate surface area is 198 Å². The van der Waals surface area contributed by atoms with Gasteiger partial charge in [0.2, 0.25) is 0 Å². The van der Waals surface area contributed by atoms with E-state index in [2.05, 4.69) is 0 Å². The zero-order valence-corrected chi connectivity index (χ0v) is 21.1. The number of amides is 1. The average Bonchev–Trinajstić information content (AvgIpc) is 3.17. The monoisotopic (exact) mass is 499 g/mol. The number of sulfone groups is 1. The molecule has 1 amide bonds. The molecule has 3 aromatic rings. The molecule has 1 heterocycles. The molecular weight excluding hydrogens is 474 g/mol. The van der Waals surface area contributed by atoms with Gasteiger partial charge in [-0.3, -0.25) is 9.69 Å². The zero-order valence-electron chi connectivity index (χ0n) is 17.9. The second-order valence-corrected chi connectivity index (χ2v) is 11.1. The molecule has 0 aliphatic rings. The molecule has 2 aromatic carbocycles. The number of para-hydroxylation sites is 1. The minimum Gasteiger partial charge on any atom is -0.308 e. The SMILES string of the molecule is CCS(=O)(=O)c1ccc(C(=O)N(CCN(C)C)c2nc3c(SC)cccc3s2)cc1.Cl. The average molecular weight is 500 g/mol. The second kappa shape index (κ2) is 10.8. The van der Waals surface area contributed by atoms with Crippen molar-refractivity contribution in [3.8, 4) is 0 Å². The lowest BCUT2D eigenvalue weighted by molar-refractivity contribution is 0.0985. The van der Waals surface area contributed by atoms with Crippen molar-refractivity contribution in [2.24, 2.45) is 0 Å². The number of rotatable bonds is 8. The van der Waals surface area contributed by atoms with Crippen molar-refractivity contribution >= 4 is 66.6 Å². The summed E-state index contributed by atoms with van der Waals surface area (Å²) in [7, 11) is 0.607. The highest BCUT2D eigenvalue weighted by atomic mass is 35.5. The van der Waals surface area contributed by atoms with Crippen LogP contribution in [0.5, 0.6) is 0 Å². The van der Waals surface area contributed by atoms with E-state index >= 15 is 0 Å². The Hall–Kier alpha value is -1.65. The van der Waals surface area contributed by atoms with Crippen LogP contribution in [0.3, 0.4) is 0 Å². The number of likely N-dealkylation sites (N-methyl/N-ethyl adjacent to an activating group) is 1. The van der Waals surface area contributed by atoms with Gasteiger partial charge in [-0.1, -0.05) is 24.3 Å². The summed E-state index contributed by atoms with van der Waals surface area (Å²) in [5.41, 5.74) is 1.34. The first-order chi connectivity index (χ1) is 14.3. The predicted molar refractivity (Wildman–Crippen MR) is 133 cm³/mol. The van der Waals surface area contributed by atoms with Gasteiger partial charge in [-0.25, -0.2) is 13.4 Å². The summed E-state index contributed by atoms with van der Waals surface area (Å²) >= 11 is 3.11. The Morgan fingerprint density at radius 3 is 2.35 bits per heavy atom. The van der Waals surface area contributed by atoms with Crippen molar-refractivity contribution in [3.63, 3.8) is 0 Å². The molecule has 0 aliphatic carbocycles. The number of nitrogens with zero attached hydrogens (tertiary/aromatic N) is 3. The van der Waals surface area contributed by atoms with Crippen LogP contribution >= 0.6 is 35.5 Å². The Balaban J connectivity index is 0.00000341. The molecule has 0 N–H and O–H groups in total. The fraction of sp³-hybridized carbons (Fsp3) is 0.333. The van der Waals surface area contributed by atoms with E-state index in [0.29, 0.717) is 23.8 Å². The number of fused-ring (bicyclic) bond motifs is 1. The van der Waals surface area contributed by atoms with Gasteiger partial charge in [0.25, 0.3) is 5.91 Å². The highest BCUT2D eigenvalue weighted by molar-refractivity contribution is 7.98. The lowest BCUT2D eigenvalue weighted by atomic mass is 10.2. The third-order valence-electron chi connectivity index (χ3n) is 4.68. The van der Waals surface area contributed by atoms with Crippen molar-refractivity contribution in [2.75, 3.05) is 44.1 Å². The predicted octanol–water partition coefficient (Wildman–Crippen LogP) is 4.44. The van der Waals surface area contributed by atoms with Crippen molar-refractivity contribution < 1.29 is 13.2 Å². The molecule has 0 fully saturated rings. The van der Waals surface area contributed by atoms with Crippen LogP contribution in [0.15, 0.2) is 52.3 Å². The summed E-state index contributed by atoms with van der Waals surface area (Å²) in [6.07, 6.45) is 2.01. The van der Waals surface area contributed by atoms with E-state index in [4.69, 9.17) is 4.98 Å². The minimum absolute atomic E-state index is 0. The van der Waals surface area contributed by atoms with Gasteiger partial charge in [-0.2, -0.15) is 0 Å². The van der Waals surface area contributed by atoms with E-state index in [1.54, 1.807) is 35.7 Å². The lowest BCUT2D eigenvalue weighted by Gasteiger charge is -2.22. The number of halogens is 1. The summed E-state index contributed by atoms with van der Waals surface area (Å²) in [6, 6.07) is 12.2. The number of anilines is 1. The highest BCUT2D eigenvalue weighted by Gasteiger charge is 2.23. The third kappa shape index (κ3) is 5.78. The standard InChI is InChI=1S/C21H25N3O3S3.ClH/c1-5-30(26,27)16-11-9-15(10-12-16)20(25)24(14-13-23(2)3)21-22-19-17(28-4)7-6-8-18(19)29-21;/h6-12H,5,13-14H2,1-4H3;1H. The van der Waals surface area contributed by atoms with Crippen molar-refractivity contribution in [1.29, 1.82) is 0 Å². The van der Waals surface area contributed by atoms with Crippen LogP contribution in [-0.4, -0.2) is 63.4 Å². The first kappa shape index (κ1) is 25.6.